The lowest BCUT2D eigenvalue weighted by atomic mass is 10.1. The van der Waals surface area contributed by atoms with E-state index in [0.717, 1.165) is 30.2 Å². The number of hydrogen-bond donors (Lipinski definition) is 2. The summed E-state index contributed by atoms with van der Waals surface area (Å²) >= 11 is 0. The van der Waals surface area contributed by atoms with Gasteiger partial charge in [-0.25, -0.2) is 18.1 Å². The lowest BCUT2D eigenvalue weighted by molar-refractivity contribution is 0.402. The molecule has 8 nitrogen and oxygen atoms in total. The fourth-order valence-electron chi connectivity index (χ4n) is 3.35. The van der Waals surface area contributed by atoms with E-state index in [9.17, 15) is 8.42 Å². The van der Waals surface area contributed by atoms with Crippen LogP contribution in [0.2, 0.25) is 0 Å². The van der Waals surface area contributed by atoms with Crippen molar-refractivity contribution in [3.05, 3.63) is 35.5 Å². The second-order valence-electron chi connectivity index (χ2n) is 7.22. The van der Waals surface area contributed by atoms with Gasteiger partial charge >= 0.3 is 0 Å². The molecule has 2 heterocycles. The maximum atomic E-state index is 12.6. The number of hydrogen-bond acceptors (Lipinski definition) is 7. The van der Waals surface area contributed by atoms with Crippen molar-refractivity contribution in [2.24, 2.45) is 0 Å². The summed E-state index contributed by atoms with van der Waals surface area (Å²) in [5.74, 6) is 1.76. The molecule has 0 unspecified atom stereocenters. The third-order valence-electron chi connectivity index (χ3n) is 4.83. The van der Waals surface area contributed by atoms with Crippen LogP contribution in [0.4, 0.5) is 11.8 Å². The number of benzene rings is 1. The second kappa shape index (κ2) is 9.41. The highest BCUT2D eigenvalue weighted by Crippen LogP contribution is 2.24. The monoisotopic (exact) mass is 419 g/mol. The van der Waals surface area contributed by atoms with Gasteiger partial charge in [-0.1, -0.05) is 6.07 Å². The van der Waals surface area contributed by atoms with Crippen molar-refractivity contribution >= 4 is 21.8 Å². The zero-order chi connectivity index (χ0) is 20.9. The zero-order valence-corrected chi connectivity index (χ0v) is 18.1. The zero-order valence-electron chi connectivity index (χ0n) is 17.2. The van der Waals surface area contributed by atoms with Crippen molar-refractivity contribution in [1.82, 2.24) is 14.7 Å². The number of rotatable bonds is 8. The fourth-order valence-corrected chi connectivity index (χ4v) is 4.63. The van der Waals surface area contributed by atoms with Crippen LogP contribution in [0, 0.1) is 13.8 Å². The Hall–Kier alpha value is -2.39. The summed E-state index contributed by atoms with van der Waals surface area (Å²) in [7, 11) is -2.22. The molecule has 0 amide bonds. The molecule has 1 aliphatic heterocycles. The van der Waals surface area contributed by atoms with Gasteiger partial charge in [-0.15, -0.1) is 0 Å². The normalized spacial score (nSPS) is 14.7. The lowest BCUT2D eigenvalue weighted by Gasteiger charge is -2.28. The Balaban J connectivity index is 1.60. The van der Waals surface area contributed by atoms with Gasteiger partial charge in [0, 0.05) is 37.9 Å². The Morgan fingerprint density at radius 3 is 2.55 bits per heavy atom. The minimum Gasteiger partial charge on any atom is -0.495 e. The molecule has 1 aromatic carbocycles. The van der Waals surface area contributed by atoms with Crippen LogP contribution in [-0.2, 0) is 10.0 Å². The fraction of sp³-hybridized carbons (Fsp3) is 0.500. The van der Waals surface area contributed by atoms with E-state index in [2.05, 4.69) is 24.9 Å². The summed E-state index contributed by atoms with van der Waals surface area (Å²) in [5.41, 5.74) is 1.73. The molecule has 1 saturated heterocycles. The van der Waals surface area contributed by atoms with Gasteiger partial charge in [-0.3, -0.25) is 0 Å². The van der Waals surface area contributed by atoms with Crippen molar-refractivity contribution in [3.63, 3.8) is 0 Å². The number of aryl methyl sites for hydroxylation is 2. The van der Waals surface area contributed by atoms with Crippen molar-refractivity contribution in [2.45, 2.75) is 38.0 Å². The van der Waals surface area contributed by atoms with Gasteiger partial charge in [0.15, 0.2) is 0 Å². The first-order valence-corrected chi connectivity index (χ1v) is 11.4. The third-order valence-corrected chi connectivity index (χ3v) is 6.31. The van der Waals surface area contributed by atoms with Crippen LogP contribution in [-0.4, -0.2) is 51.7 Å². The molecule has 0 aliphatic carbocycles. The summed E-state index contributed by atoms with van der Waals surface area (Å²) in [6.45, 7) is 6.37. The van der Waals surface area contributed by atoms with Gasteiger partial charge < -0.3 is 15.0 Å². The molecular weight excluding hydrogens is 390 g/mol. The van der Waals surface area contributed by atoms with E-state index in [1.807, 2.05) is 26.0 Å². The number of piperidine rings is 1. The van der Waals surface area contributed by atoms with Crippen LogP contribution >= 0.6 is 0 Å². The van der Waals surface area contributed by atoms with Crippen molar-refractivity contribution in [1.29, 1.82) is 0 Å². The van der Waals surface area contributed by atoms with Gasteiger partial charge in [0.25, 0.3) is 0 Å². The molecule has 3 rings (SSSR count). The van der Waals surface area contributed by atoms with Crippen LogP contribution < -0.4 is 19.7 Å². The van der Waals surface area contributed by atoms with Crippen LogP contribution in [0.1, 0.15) is 30.5 Å². The molecule has 2 aromatic rings. The van der Waals surface area contributed by atoms with Crippen molar-refractivity contribution < 1.29 is 13.2 Å². The molecule has 29 heavy (non-hydrogen) atoms. The highest BCUT2D eigenvalue weighted by molar-refractivity contribution is 7.89. The number of aromatic nitrogens is 2. The Morgan fingerprint density at radius 2 is 1.83 bits per heavy atom. The van der Waals surface area contributed by atoms with Gasteiger partial charge in [0.2, 0.25) is 16.0 Å². The Bertz CT molecular complexity index is 943. The predicted molar refractivity (Wildman–Crippen MR) is 114 cm³/mol. The molecule has 9 heteroatoms. The molecule has 158 valence electrons. The molecule has 1 aliphatic rings. The number of nitrogens with one attached hydrogen (secondary N) is 2. The number of sulfonamides is 1. The van der Waals surface area contributed by atoms with Gasteiger partial charge in [0.1, 0.15) is 16.5 Å². The second-order valence-corrected chi connectivity index (χ2v) is 8.95. The lowest BCUT2D eigenvalue weighted by Crippen LogP contribution is -2.31. The summed E-state index contributed by atoms with van der Waals surface area (Å²) in [4.78, 5) is 11.4. The molecular formula is C20H29N5O3S. The summed E-state index contributed by atoms with van der Waals surface area (Å²) in [6.07, 6.45) is 3.61. The smallest absolute Gasteiger partial charge is 0.244 e. The highest BCUT2D eigenvalue weighted by Gasteiger charge is 2.19. The van der Waals surface area contributed by atoms with E-state index in [1.165, 1.54) is 26.4 Å². The average Bonchev–Trinajstić information content (AvgIpc) is 2.71. The number of anilines is 2. The molecule has 1 aromatic heterocycles. The van der Waals surface area contributed by atoms with Gasteiger partial charge in [-0.05, 0) is 50.8 Å². The maximum Gasteiger partial charge on any atom is 0.244 e. The summed E-state index contributed by atoms with van der Waals surface area (Å²) in [6, 6.07) is 7.06. The maximum absolute atomic E-state index is 12.6. The molecule has 0 bridgehead atoms. The Labute approximate surface area is 172 Å². The van der Waals surface area contributed by atoms with E-state index >= 15 is 0 Å². The molecule has 1 fully saturated rings. The molecule has 0 saturated carbocycles. The van der Waals surface area contributed by atoms with E-state index in [4.69, 9.17) is 4.74 Å². The molecule has 2 N–H and O–H groups in total. The standard InChI is InChI=1S/C20H29N5O3S/c1-15-7-8-17(28-3)18(13-15)29(26,27)22-10-9-21-20-23-16(2)14-19(24-20)25-11-5-4-6-12-25/h7-8,13-14,22H,4-6,9-12H2,1-3H3,(H,21,23,24). The number of nitrogens with zero attached hydrogens (tertiary/aromatic N) is 3. The molecule has 0 atom stereocenters. The van der Waals surface area contributed by atoms with E-state index in [-0.39, 0.29) is 11.4 Å². The van der Waals surface area contributed by atoms with E-state index < -0.39 is 10.0 Å². The Morgan fingerprint density at radius 1 is 1.07 bits per heavy atom. The van der Waals surface area contributed by atoms with E-state index in [0.29, 0.717) is 18.2 Å². The molecule has 0 radical (unpaired) electrons. The van der Waals surface area contributed by atoms with E-state index in [1.54, 1.807) is 12.1 Å². The quantitative estimate of drug-likeness (QED) is 0.635. The Kier molecular flexibility index (Phi) is 6.92. The first kappa shape index (κ1) is 21.3. The average molecular weight is 420 g/mol. The summed E-state index contributed by atoms with van der Waals surface area (Å²) in [5, 5.41) is 3.12. The van der Waals surface area contributed by atoms with Crippen LogP contribution in [0.5, 0.6) is 5.75 Å². The predicted octanol–water partition coefficient (Wildman–Crippen LogP) is 2.48. The first-order valence-electron chi connectivity index (χ1n) is 9.88. The highest BCUT2D eigenvalue weighted by atomic mass is 32.2. The topological polar surface area (TPSA) is 96.5 Å². The SMILES string of the molecule is COc1ccc(C)cc1S(=O)(=O)NCCNc1nc(C)cc(N2CCCCC2)n1. The summed E-state index contributed by atoms with van der Waals surface area (Å²) < 4.78 is 33.1. The van der Waals surface area contributed by atoms with Crippen molar-refractivity contribution in [2.75, 3.05) is 43.5 Å². The van der Waals surface area contributed by atoms with Gasteiger partial charge in [-0.2, -0.15) is 4.98 Å². The minimum absolute atomic E-state index is 0.138. The van der Waals surface area contributed by atoms with Crippen LogP contribution in [0.25, 0.3) is 0 Å². The van der Waals surface area contributed by atoms with Crippen LogP contribution in [0.15, 0.2) is 29.2 Å². The minimum atomic E-state index is -3.68. The third kappa shape index (κ3) is 5.57. The number of ether oxygens (including phenoxy) is 1. The largest absolute Gasteiger partial charge is 0.495 e. The van der Waals surface area contributed by atoms with Gasteiger partial charge in [0.05, 0.1) is 7.11 Å². The van der Waals surface area contributed by atoms with Crippen LogP contribution in [0.3, 0.4) is 0 Å². The number of methoxy groups -OCH3 is 1. The van der Waals surface area contributed by atoms with Crippen molar-refractivity contribution in [3.8, 4) is 5.75 Å². The first-order chi connectivity index (χ1) is 13.9. The molecule has 0 spiro atoms.